The van der Waals surface area contributed by atoms with Gasteiger partial charge < -0.3 is 20.3 Å². The molecular weight excluding hydrogens is 432 g/mol. The van der Waals surface area contributed by atoms with Crippen LogP contribution in [0.2, 0.25) is 0 Å². The summed E-state index contributed by atoms with van der Waals surface area (Å²) in [5.41, 5.74) is 5.36. The molecule has 5 heterocycles. The Morgan fingerprint density at radius 1 is 1.03 bits per heavy atom. The molecular formula is C25H24N6O3. The number of aromatic nitrogens is 2. The van der Waals surface area contributed by atoms with Crippen LogP contribution in [0.25, 0.3) is 11.1 Å². The summed E-state index contributed by atoms with van der Waals surface area (Å²) in [5.74, 6) is 1.59. The van der Waals surface area contributed by atoms with E-state index in [4.69, 9.17) is 4.74 Å². The lowest BCUT2D eigenvalue weighted by atomic mass is 9.94. The molecule has 2 saturated heterocycles. The van der Waals surface area contributed by atoms with Gasteiger partial charge in [0.1, 0.15) is 17.7 Å². The number of ether oxygens (including phenoxy) is 1. The number of fused-ring (bicyclic) bond motifs is 3. The van der Waals surface area contributed by atoms with Gasteiger partial charge in [-0.15, -0.1) is 0 Å². The lowest BCUT2D eigenvalue weighted by Crippen LogP contribution is -2.27. The van der Waals surface area contributed by atoms with Gasteiger partial charge in [-0.05, 0) is 37.6 Å². The quantitative estimate of drug-likeness (QED) is 0.616. The van der Waals surface area contributed by atoms with Crippen molar-refractivity contribution in [2.75, 3.05) is 34.8 Å². The molecule has 2 N–H and O–H groups in total. The number of carbonyl (C=O) groups excluding carboxylic acids is 2. The van der Waals surface area contributed by atoms with Gasteiger partial charge in [-0.2, -0.15) is 0 Å². The molecule has 6 rings (SSSR count). The fourth-order valence-electron chi connectivity index (χ4n) is 4.78. The van der Waals surface area contributed by atoms with Crippen molar-refractivity contribution in [3.05, 3.63) is 54.5 Å². The number of carbonyl (C=O) groups is 2. The van der Waals surface area contributed by atoms with Crippen molar-refractivity contribution in [2.24, 2.45) is 0 Å². The van der Waals surface area contributed by atoms with Crippen molar-refractivity contribution >= 4 is 34.8 Å². The summed E-state index contributed by atoms with van der Waals surface area (Å²) in [5, 5.41) is 6.10. The Kier molecular flexibility index (Phi) is 4.83. The maximum absolute atomic E-state index is 12.1. The number of nitrogens with zero attached hydrogens (tertiary/aromatic N) is 4. The fraction of sp³-hybridized carbons (Fsp3) is 0.280. The molecule has 1 atom stereocenters. The maximum atomic E-state index is 12.1. The van der Waals surface area contributed by atoms with E-state index in [2.05, 4.69) is 20.6 Å². The zero-order valence-electron chi connectivity index (χ0n) is 18.7. The van der Waals surface area contributed by atoms with E-state index in [1.165, 1.54) is 0 Å². The van der Waals surface area contributed by atoms with Gasteiger partial charge in [-0.3, -0.25) is 14.7 Å². The molecule has 1 aromatic carbocycles. The van der Waals surface area contributed by atoms with Gasteiger partial charge in [-0.1, -0.05) is 0 Å². The van der Waals surface area contributed by atoms with E-state index in [0.29, 0.717) is 25.3 Å². The third-order valence-electron chi connectivity index (χ3n) is 6.48. The average Bonchev–Trinajstić information content (AvgIpc) is 3.47. The van der Waals surface area contributed by atoms with E-state index in [1.807, 2.05) is 48.4 Å². The van der Waals surface area contributed by atoms with Crippen LogP contribution < -0.4 is 25.2 Å². The summed E-state index contributed by atoms with van der Waals surface area (Å²) >= 11 is 0. The summed E-state index contributed by atoms with van der Waals surface area (Å²) in [4.78, 5) is 36.5. The molecule has 3 aromatic rings. The van der Waals surface area contributed by atoms with Gasteiger partial charge in [0.05, 0.1) is 23.8 Å². The second kappa shape index (κ2) is 8.02. The monoisotopic (exact) mass is 456 g/mol. The molecule has 2 aromatic heterocycles. The predicted octanol–water partition coefficient (Wildman–Crippen LogP) is 4.00. The minimum atomic E-state index is -0.173. The highest BCUT2D eigenvalue weighted by Gasteiger charge is 2.27. The summed E-state index contributed by atoms with van der Waals surface area (Å²) in [6.07, 6.45) is 6.54. The smallest absolute Gasteiger partial charge is 0.322 e. The molecule has 0 spiro atoms. The Morgan fingerprint density at radius 3 is 2.74 bits per heavy atom. The van der Waals surface area contributed by atoms with Gasteiger partial charge >= 0.3 is 6.03 Å². The van der Waals surface area contributed by atoms with Gasteiger partial charge in [0.15, 0.2) is 0 Å². The second-order valence-corrected chi connectivity index (χ2v) is 8.69. The molecule has 3 aliphatic heterocycles. The molecule has 3 amide bonds. The van der Waals surface area contributed by atoms with E-state index in [0.717, 1.165) is 52.5 Å². The van der Waals surface area contributed by atoms with Crippen molar-refractivity contribution in [2.45, 2.75) is 25.9 Å². The first kappa shape index (κ1) is 20.5. The topological polar surface area (TPSA) is 99.7 Å². The lowest BCUT2D eigenvalue weighted by Gasteiger charge is -2.28. The lowest BCUT2D eigenvalue weighted by molar-refractivity contribution is -0.117. The normalized spacial score (nSPS) is 18.9. The minimum Gasteiger partial charge on any atom is -0.485 e. The summed E-state index contributed by atoms with van der Waals surface area (Å²) in [7, 11) is 0. The standard InChI is InChI=1S/C25H24N6O3/c1-15-20-11-23(29-16-9-18(13-26-12-16)31-8-6-27-25(31)33)28-14-21(20)19-5-4-17(10-22(19)34-15)30-7-2-3-24(30)32/h4-5,9-15H,2-3,6-8H2,1H3,(H,27,33)(H,28,29). The average molecular weight is 457 g/mol. The second-order valence-electron chi connectivity index (χ2n) is 8.69. The molecule has 0 aliphatic carbocycles. The van der Waals surface area contributed by atoms with Crippen molar-refractivity contribution < 1.29 is 14.3 Å². The van der Waals surface area contributed by atoms with E-state index < -0.39 is 0 Å². The number of urea groups is 1. The van der Waals surface area contributed by atoms with Gasteiger partial charge in [0.2, 0.25) is 5.91 Å². The maximum Gasteiger partial charge on any atom is 0.322 e. The van der Waals surface area contributed by atoms with Gasteiger partial charge in [-0.25, -0.2) is 9.78 Å². The van der Waals surface area contributed by atoms with Crippen LogP contribution in [0.15, 0.2) is 48.9 Å². The van der Waals surface area contributed by atoms with Crippen LogP contribution in [0.4, 0.5) is 27.7 Å². The Hall–Kier alpha value is -4.14. The Balaban J connectivity index is 1.28. The van der Waals surface area contributed by atoms with Crippen LogP contribution in [0.5, 0.6) is 5.75 Å². The Labute approximate surface area is 196 Å². The molecule has 0 saturated carbocycles. The first-order valence-electron chi connectivity index (χ1n) is 11.5. The largest absolute Gasteiger partial charge is 0.485 e. The summed E-state index contributed by atoms with van der Waals surface area (Å²) < 4.78 is 6.24. The summed E-state index contributed by atoms with van der Waals surface area (Å²) in [6, 6.07) is 9.68. The van der Waals surface area contributed by atoms with Crippen molar-refractivity contribution in [1.82, 2.24) is 15.3 Å². The number of rotatable bonds is 4. The first-order chi connectivity index (χ1) is 16.6. The van der Waals surface area contributed by atoms with Crippen molar-refractivity contribution in [3.63, 3.8) is 0 Å². The number of anilines is 4. The molecule has 9 nitrogen and oxygen atoms in total. The zero-order chi connectivity index (χ0) is 23.2. The van der Waals surface area contributed by atoms with Crippen LogP contribution in [0.1, 0.15) is 31.4 Å². The van der Waals surface area contributed by atoms with E-state index >= 15 is 0 Å². The van der Waals surface area contributed by atoms with Crippen molar-refractivity contribution in [3.8, 4) is 16.9 Å². The number of hydrogen-bond donors (Lipinski definition) is 2. The molecule has 0 bridgehead atoms. The SMILES string of the molecule is CC1Oc2cc(N3CCCC3=O)ccc2-c2cnc(Nc3cncc(N4CCNC4=O)c3)cc21. The van der Waals surface area contributed by atoms with Crippen LogP contribution >= 0.6 is 0 Å². The molecule has 3 aliphatic rings. The number of benzene rings is 1. The van der Waals surface area contributed by atoms with Gasteiger partial charge in [0.25, 0.3) is 0 Å². The third-order valence-corrected chi connectivity index (χ3v) is 6.48. The number of amides is 3. The highest BCUT2D eigenvalue weighted by Crippen LogP contribution is 2.44. The summed E-state index contributed by atoms with van der Waals surface area (Å²) in [6.45, 7) is 3.99. The van der Waals surface area contributed by atoms with E-state index in [9.17, 15) is 9.59 Å². The zero-order valence-corrected chi connectivity index (χ0v) is 18.7. The van der Waals surface area contributed by atoms with E-state index in [-0.39, 0.29) is 18.0 Å². The van der Waals surface area contributed by atoms with E-state index in [1.54, 1.807) is 17.3 Å². The molecule has 34 heavy (non-hydrogen) atoms. The van der Waals surface area contributed by atoms with Gasteiger partial charge in [0, 0.05) is 60.7 Å². The molecule has 1 unspecified atom stereocenters. The van der Waals surface area contributed by atoms with Crippen LogP contribution in [0.3, 0.4) is 0 Å². The fourth-order valence-corrected chi connectivity index (χ4v) is 4.78. The number of nitrogens with one attached hydrogen (secondary N) is 2. The minimum absolute atomic E-state index is 0.118. The van der Waals surface area contributed by atoms with Crippen molar-refractivity contribution in [1.29, 1.82) is 0 Å². The highest BCUT2D eigenvalue weighted by atomic mass is 16.5. The van der Waals surface area contributed by atoms with Crippen LogP contribution in [0, 0.1) is 0 Å². The Bertz CT molecular complexity index is 1310. The van der Waals surface area contributed by atoms with Crippen LogP contribution in [-0.2, 0) is 4.79 Å². The third kappa shape index (κ3) is 3.49. The Morgan fingerprint density at radius 2 is 1.94 bits per heavy atom. The molecule has 0 radical (unpaired) electrons. The highest BCUT2D eigenvalue weighted by molar-refractivity contribution is 5.96. The van der Waals surface area contributed by atoms with Crippen LogP contribution in [-0.4, -0.2) is 41.5 Å². The first-order valence-corrected chi connectivity index (χ1v) is 11.5. The predicted molar refractivity (Wildman–Crippen MR) is 129 cm³/mol. The molecule has 2 fully saturated rings. The molecule has 172 valence electrons. The number of pyridine rings is 2. The molecule has 9 heteroatoms. The number of hydrogen-bond acceptors (Lipinski definition) is 6.